The summed E-state index contributed by atoms with van der Waals surface area (Å²) in [5, 5.41) is 16.4. The fourth-order valence-electron chi connectivity index (χ4n) is 7.78. The first kappa shape index (κ1) is 26.3. The second-order valence-corrected chi connectivity index (χ2v) is 12.7. The van der Waals surface area contributed by atoms with E-state index in [2.05, 4.69) is 10.6 Å². The molecule has 1 aromatic carbocycles. The number of hydrogen-bond acceptors (Lipinski definition) is 4. The highest BCUT2D eigenvalue weighted by atomic mass is 16.5. The summed E-state index contributed by atoms with van der Waals surface area (Å²) in [6, 6.07) is 7.96. The van der Waals surface area contributed by atoms with Gasteiger partial charge in [-0.25, -0.2) is 4.79 Å². The van der Waals surface area contributed by atoms with E-state index in [1.54, 1.807) is 0 Å². The van der Waals surface area contributed by atoms with Gasteiger partial charge in [0.15, 0.2) is 0 Å². The minimum atomic E-state index is -0.0123. The summed E-state index contributed by atoms with van der Waals surface area (Å²) in [6.45, 7) is 6.47. The minimum Gasteiger partial charge on any atom is -0.494 e. The maximum Gasteiger partial charge on any atom is 0.317 e. The van der Waals surface area contributed by atoms with Crippen LogP contribution in [0.15, 0.2) is 24.3 Å². The summed E-state index contributed by atoms with van der Waals surface area (Å²) >= 11 is 0. The van der Waals surface area contributed by atoms with Crippen LogP contribution in [0.25, 0.3) is 0 Å². The minimum absolute atomic E-state index is 0.0123. The third-order valence-electron chi connectivity index (χ3n) is 9.59. The Hall–Kier alpha value is -2.28. The second kappa shape index (κ2) is 11.2. The van der Waals surface area contributed by atoms with E-state index in [4.69, 9.17) is 4.74 Å². The SMILES string of the molecule is CC(C)NC(=O)N1CCC(CCOc2cccc(C(=O)NC3CCC4CC5CC(CO)(C4)CC53)c2)CC1. The standard InChI is InChI=1S/C30H45N3O4/c1-20(2)31-29(36)33-11-8-21(9-12-33)10-13-37-25-5-3-4-23(15-25)28(35)32-27-7-6-22-14-24-17-30(16-22,19-34)18-26(24)27/h3-5,15,20-22,24,26-27,34H,6-14,16-19H2,1-2H3,(H,31,36)(H,32,35). The van der Waals surface area contributed by atoms with Gasteiger partial charge in [-0.05, 0) is 119 Å². The number of piperidine rings is 1. The highest BCUT2D eigenvalue weighted by molar-refractivity contribution is 5.94. The summed E-state index contributed by atoms with van der Waals surface area (Å²) in [7, 11) is 0. The summed E-state index contributed by atoms with van der Waals surface area (Å²) in [5.41, 5.74) is 0.759. The average molecular weight is 512 g/mol. The van der Waals surface area contributed by atoms with E-state index in [1.165, 1.54) is 12.8 Å². The number of rotatable bonds is 8. The Bertz CT molecular complexity index is 960. The van der Waals surface area contributed by atoms with Gasteiger partial charge in [0.25, 0.3) is 5.91 Å². The lowest BCUT2D eigenvalue weighted by molar-refractivity contribution is 0.0653. The molecule has 3 N–H and O–H groups in total. The van der Waals surface area contributed by atoms with Crippen LogP contribution in [-0.4, -0.2) is 60.3 Å². The van der Waals surface area contributed by atoms with Crippen LogP contribution in [-0.2, 0) is 0 Å². The third kappa shape index (κ3) is 6.08. The van der Waals surface area contributed by atoms with Crippen molar-refractivity contribution in [1.82, 2.24) is 15.5 Å². The van der Waals surface area contributed by atoms with Gasteiger partial charge in [0, 0.05) is 37.3 Å². The molecule has 1 aromatic rings. The molecular formula is C30H45N3O4. The molecule has 0 aromatic heterocycles. The lowest BCUT2D eigenvalue weighted by Gasteiger charge is -2.36. The molecule has 37 heavy (non-hydrogen) atoms. The summed E-state index contributed by atoms with van der Waals surface area (Å²) in [5.74, 6) is 3.12. The number of benzene rings is 1. The van der Waals surface area contributed by atoms with Crippen LogP contribution in [0.5, 0.6) is 5.75 Å². The number of ether oxygens (including phenoxy) is 1. The monoisotopic (exact) mass is 511 g/mol. The second-order valence-electron chi connectivity index (χ2n) is 12.7. The zero-order chi connectivity index (χ0) is 26.0. The Morgan fingerprint density at radius 2 is 1.95 bits per heavy atom. The van der Waals surface area contributed by atoms with Crippen molar-refractivity contribution in [3.05, 3.63) is 29.8 Å². The van der Waals surface area contributed by atoms with E-state index in [0.717, 1.165) is 63.8 Å². The van der Waals surface area contributed by atoms with Crippen molar-refractivity contribution in [3.8, 4) is 5.75 Å². The largest absolute Gasteiger partial charge is 0.494 e. The van der Waals surface area contributed by atoms with Crippen LogP contribution in [0.4, 0.5) is 4.79 Å². The van der Waals surface area contributed by atoms with Gasteiger partial charge < -0.3 is 25.4 Å². The molecule has 0 radical (unpaired) electrons. The lowest BCUT2D eigenvalue weighted by Crippen LogP contribution is -2.46. The Morgan fingerprint density at radius 1 is 1.14 bits per heavy atom. The van der Waals surface area contributed by atoms with Gasteiger partial charge in [-0.15, -0.1) is 0 Å². The number of nitrogens with one attached hydrogen (secondary N) is 2. The van der Waals surface area contributed by atoms with E-state index in [1.807, 2.05) is 43.0 Å². The number of amides is 3. The van der Waals surface area contributed by atoms with Gasteiger partial charge in [0.1, 0.15) is 5.75 Å². The Morgan fingerprint density at radius 3 is 2.70 bits per heavy atom. The first-order valence-corrected chi connectivity index (χ1v) is 14.5. The molecule has 1 heterocycles. The van der Waals surface area contributed by atoms with E-state index < -0.39 is 0 Å². The predicted octanol–water partition coefficient (Wildman–Crippen LogP) is 4.59. The molecule has 3 bridgehead atoms. The molecule has 5 unspecified atom stereocenters. The smallest absolute Gasteiger partial charge is 0.317 e. The van der Waals surface area contributed by atoms with E-state index >= 15 is 0 Å². The number of carbonyl (C=O) groups excluding carboxylic acids is 2. The molecule has 3 aliphatic carbocycles. The highest BCUT2D eigenvalue weighted by Gasteiger charge is 2.54. The van der Waals surface area contributed by atoms with Gasteiger partial charge in [-0.3, -0.25) is 4.79 Å². The Labute approximate surface area is 221 Å². The summed E-state index contributed by atoms with van der Waals surface area (Å²) in [6.07, 6.45) is 9.78. The molecule has 3 saturated carbocycles. The van der Waals surface area contributed by atoms with Crippen molar-refractivity contribution in [2.24, 2.45) is 29.1 Å². The van der Waals surface area contributed by atoms with Crippen molar-refractivity contribution in [2.45, 2.75) is 83.7 Å². The van der Waals surface area contributed by atoms with Gasteiger partial charge >= 0.3 is 6.03 Å². The fourth-order valence-corrected chi connectivity index (χ4v) is 7.78. The van der Waals surface area contributed by atoms with Gasteiger partial charge in [0.05, 0.1) is 6.61 Å². The van der Waals surface area contributed by atoms with Crippen LogP contribution < -0.4 is 15.4 Å². The Kier molecular flexibility index (Phi) is 7.99. The van der Waals surface area contributed by atoms with Gasteiger partial charge in [-0.1, -0.05) is 6.07 Å². The highest BCUT2D eigenvalue weighted by Crippen LogP contribution is 2.59. The molecular weight excluding hydrogens is 466 g/mol. The van der Waals surface area contributed by atoms with Crippen LogP contribution in [0.2, 0.25) is 0 Å². The van der Waals surface area contributed by atoms with Crippen molar-refractivity contribution >= 4 is 11.9 Å². The molecule has 7 heteroatoms. The number of aliphatic hydroxyl groups is 1. The maximum atomic E-state index is 13.2. The average Bonchev–Trinajstić information content (AvgIpc) is 3.10. The molecule has 0 spiro atoms. The van der Waals surface area contributed by atoms with Crippen LogP contribution in [0.1, 0.15) is 82.0 Å². The fraction of sp³-hybridized carbons (Fsp3) is 0.733. The van der Waals surface area contributed by atoms with Crippen LogP contribution in [0.3, 0.4) is 0 Å². The first-order valence-electron chi connectivity index (χ1n) is 14.5. The van der Waals surface area contributed by atoms with Crippen molar-refractivity contribution in [2.75, 3.05) is 26.3 Å². The predicted molar refractivity (Wildman–Crippen MR) is 143 cm³/mol. The molecule has 5 atom stereocenters. The molecule has 1 aliphatic heterocycles. The number of likely N-dealkylation sites (tertiary alicyclic amines) is 1. The number of fused-ring (bicyclic) bond motifs is 2. The number of carbonyl (C=O) groups is 2. The zero-order valence-corrected chi connectivity index (χ0v) is 22.6. The number of nitrogens with zero attached hydrogens (tertiary/aromatic N) is 1. The molecule has 1 saturated heterocycles. The third-order valence-corrected chi connectivity index (χ3v) is 9.59. The van der Waals surface area contributed by atoms with E-state index in [0.29, 0.717) is 42.4 Å². The van der Waals surface area contributed by atoms with Gasteiger partial charge in [0.2, 0.25) is 0 Å². The number of urea groups is 1. The van der Waals surface area contributed by atoms with Crippen molar-refractivity contribution in [1.29, 1.82) is 0 Å². The van der Waals surface area contributed by atoms with E-state index in [-0.39, 0.29) is 29.4 Å². The normalized spacial score (nSPS) is 31.3. The van der Waals surface area contributed by atoms with E-state index in [9.17, 15) is 14.7 Å². The molecule has 4 fully saturated rings. The first-order chi connectivity index (χ1) is 17.8. The van der Waals surface area contributed by atoms with Crippen LogP contribution in [0, 0.1) is 29.1 Å². The lowest BCUT2D eigenvalue weighted by atomic mass is 9.70. The molecule has 204 valence electrons. The molecule has 4 aliphatic rings. The molecule has 3 amide bonds. The summed E-state index contributed by atoms with van der Waals surface area (Å²) in [4.78, 5) is 27.3. The number of aliphatic hydroxyl groups excluding tert-OH is 1. The van der Waals surface area contributed by atoms with Crippen molar-refractivity contribution < 1.29 is 19.4 Å². The summed E-state index contributed by atoms with van der Waals surface area (Å²) < 4.78 is 6.05. The zero-order valence-electron chi connectivity index (χ0n) is 22.6. The Balaban J connectivity index is 1.09. The van der Waals surface area contributed by atoms with Gasteiger partial charge in [-0.2, -0.15) is 0 Å². The topological polar surface area (TPSA) is 90.9 Å². The van der Waals surface area contributed by atoms with Crippen LogP contribution >= 0.6 is 0 Å². The molecule has 7 nitrogen and oxygen atoms in total. The molecule has 5 rings (SSSR count). The maximum absolute atomic E-state index is 13.2. The number of hydrogen-bond donors (Lipinski definition) is 3. The van der Waals surface area contributed by atoms with Crippen molar-refractivity contribution in [3.63, 3.8) is 0 Å². The quantitative estimate of drug-likeness (QED) is 0.476.